The third-order valence-corrected chi connectivity index (χ3v) is 4.26. The Morgan fingerprint density at radius 1 is 1.43 bits per heavy atom. The highest BCUT2D eigenvalue weighted by Crippen LogP contribution is 2.37. The lowest BCUT2D eigenvalue weighted by molar-refractivity contribution is 0.0893. The average Bonchev–Trinajstić information content (AvgIpc) is 3.15. The van der Waals surface area contributed by atoms with E-state index in [1.165, 1.54) is 17.7 Å². The highest BCUT2D eigenvalue weighted by Gasteiger charge is 2.33. The molecule has 0 unspecified atom stereocenters. The summed E-state index contributed by atoms with van der Waals surface area (Å²) in [6.45, 7) is 6.62. The van der Waals surface area contributed by atoms with Crippen LogP contribution >= 0.6 is 0 Å². The largest absolute Gasteiger partial charge is 0.451 e. The molecule has 2 atom stereocenters. The SMILES string of the molecule is Cc1nn(C)c(C)c1[C@@H]1OCC[C@H]1CNCc1cocn1. The molecule has 3 rings (SSSR count). The van der Waals surface area contributed by atoms with Crippen LogP contribution in [0.3, 0.4) is 0 Å². The molecule has 114 valence electrons. The first-order valence-corrected chi connectivity index (χ1v) is 7.36. The van der Waals surface area contributed by atoms with Gasteiger partial charge in [0.1, 0.15) is 6.26 Å². The summed E-state index contributed by atoms with van der Waals surface area (Å²) < 4.78 is 12.9. The minimum atomic E-state index is 0.142. The van der Waals surface area contributed by atoms with Crippen molar-refractivity contribution in [1.29, 1.82) is 0 Å². The first-order valence-electron chi connectivity index (χ1n) is 7.36. The lowest BCUT2D eigenvalue weighted by Gasteiger charge is -2.19. The summed E-state index contributed by atoms with van der Waals surface area (Å²) in [5.74, 6) is 0.471. The van der Waals surface area contributed by atoms with Gasteiger partial charge in [0.2, 0.25) is 0 Å². The highest BCUT2D eigenvalue weighted by molar-refractivity contribution is 5.28. The highest BCUT2D eigenvalue weighted by atomic mass is 16.5. The molecule has 2 aromatic heterocycles. The van der Waals surface area contributed by atoms with Gasteiger partial charge in [0.05, 0.1) is 17.5 Å². The van der Waals surface area contributed by atoms with Crippen LogP contribution in [0.4, 0.5) is 0 Å². The second-order valence-corrected chi connectivity index (χ2v) is 5.66. The van der Waals surface area contributed by atoms with Crippen molar-refractivity contribution in [1.82, 2.24) is 20.1 Å². The molecule has 6 heteroatoms. The van der Waals surface area contributed by atoms with Crippen LogP contribution in [0, 0.1) is 19.8 Å². The Kier molecular flexibility index (Phi) is 4.07. The monoisotopic (exact) mass is 290 g/mol. The molecule has 0 radical (unpaired) electrons. The number of rotatable bonds is 5. The molecular weight excluding hydrogens is 268 g/mol. The fraction of sp³-hybridized carbons (Fsp3) is 0.600. The molecule has 0 aromatic carbocycles. The van der Waals surface area contributed by atoms with Gasteiger partial charge in [0.15, 0.2) is 6.39 Å². The van der Waals surface area contributed by atoms with Crippen molar-refractivity contribution in [3.8, 4) is 0 Å². The minimum absolute atomic E-state index is 0.142. The van der Waals surface area contributed by atoms with Crippen LogP contribution in [0.25, 0.3) is 0 Å². The van der Waals surface area contributed by atoms with Gasteiger partial charge in [0, 0.05) is 43.9 Å². The van der Waals surface area contributed by atoms with Gasteiger partial charge in [-0.15, -0.1) is 0 Å². The third-order valence-electron chi connectivity index (χ3n) is 4.26. The number of nitrogens with zero attached hydrogens (tertiary/aromatic N) is 3. The summed E-state index contributed by atoms with van der Waals surface area (Å²) in [4.78, 5) is 4.12. The van der Waals surface area contributed by atoms with Gasteiger partial charge in [0.25, 0.3) is 0 Å². The lowest BCUT2D eigenvalue weighted by Crippen LogP contribution is -2.25. The van der Waals surface area contributed by atoms with Crippen LogP contribution in [0.2, 0.25) is 0 Å². The Hall–Kier alpha value is -1.66. The molecule has 0 aliphatic carbocycles. The van der Waals surface area contributed by atoms with Crippen LogP contribution in [0.5, 0.6) is 0 Å². The zero-order chi connectivity index (χ0) is 14.8. The van der Waals surface area contributed by atoms with E-state index < -0.39 is 0 Å². The maximum Gasteiger partial charge on any atom is 0.180 e. The maximum absolute atomic E-state index is 5.99. The predicted octanol–water partition coefficient (Wildman–Crippen LogP) is 1.89. The van der Waals surface area contributed by atoms with Crippen molar-refractivity contribution >= 4 is 0 Å². The smallest absolute Gasteiger partial charge is 0.180 e. The zero-order valence-electron chi connectivity index (χ0n) is 12.8. The molecule has 1 fully saturated rings. The van der Waals surface area contributed by atoms with E-state index in [4.69, 9.17) is 9.15 Å². The van der Waals surface area contributed by atoms with Crippen LogP contribution in [0.1, 0.15) is 35.2 Å². The van der Waals surface area contributed by atoms with Crippen molar-refractivity contribution in [2.75, 3.05) is 13.2 Å². The predicted molar refractivity (Wildman–Crippen MR) is 77.7 cm³/mol. The van der Waals surface area contributed by atoms with Crippen LogP contribution in [0.15, 0.2) is 17.1 Å². The van der Waals surface area contributed by atoms with E-state index in [1.54, 1.807) is 6.26 Å². The van der Waals surface area contributed by atoms with E-state index >= 15 is 0 Å². The fourth-order valence-electron chi connectivity index (χ4n) is 3.07. The van der Waals surface area contributed by atoms with E-state index in [0.717, 1.165) is 37.5 Å². The minimum Gasteiger partial charge on any atom is -0.451 e. The topological polar surface area (TPSA) is 65.1 Å². The second kappa shape index (κ2) is 5.99. The first-order chi connectivity index (χ1) is 10.2. The van der Waals surface area contributed by atoms with Crippen molar-refractivity contribution in [3.63, 3.8) is 0 Å². The van der Waals surface area contributed by atoms with Crippen LogP contribution in [-0.4, -0.2) is 27.9 Å². The normalized spacial score (nSPS) is 22.0. The van der Waals surface area contributed by atoms with Gasteiger partial charge in [-0.05, 0) is 20.3 Å². The molecule has 2 aromatic rings. The molecular formula is C15H22N4O2. The van der Waals surface area contributed by atoms with Gasteiger partial charge in [-0.2, -0.15) is 5.10 Å². The lowest BCUT2D eigenvalue weighted by atomic mass is 9.94. The standard InChI is InChI=1S/C15H22N4O2/c1-10-14(11(2)19(3)18-10)15-12(4-5-21-15)6-16-7-13-8-20-9-17-13/h8-9,12,15-16H,4-7H2,1-3H3/t12-,15+/m0/s1. The molecule has 0 bridgehead atoms. The summed E-state index contributed by atoms with van der Waals surface area (Å²) in [5, 5.41) is 7.95. The van der Waals surface area contributed by atoms with E-state index in [-0.39, 0.29) is 6.10 Å². The molecule has 0 amide bonds. The van der Waals surface area contributed by atoms with Crippen LogP contribution < -0.4 is 5.32 Å². The molecule has 1 saturated heterocycles. The Morgan fingerprint density at radius 2 is 2.29 bits per heavy atom. The fourth-order valence-corrected chi connectivity index (χ4v) is 3.07. The molecule has 1 aliphatic heterocycles. The van der Waals surface area contributed by atoms with E-state index in [0.29, 0.717) is 5.92 Å². The molecule has 1 N–H and O–H groups in total. The molecule has 0 spiro atoms. The van der Waals surface area contributed by atoms with E-state index in [1.807, 2.05) is 11.7 Å². The third kappa shape index (κ3) is 2.87. The van der Waals surface area contributed by atoms with Crippen LogP contribution in [-0.2, 0) is 18.3 Å². The summed E-state index contributed by atoms with van der Waals surface area (Å²) in [6, 6.07) is 0. The van der Waals surface area contributed by atoms with Gasteiger partial charge in [-0.25, -0.2) is 4.98 Å². The van der Waals surface area contributed by atoms with Crippen molar-refractivity contribution in [2.45, 2.75) is 32.9 Å². The van der Waals surface area contributed by atoms with Gasteiger partial charge < -0.3 is 14.5 Å². The zero-order valence-corrected chi connectivity index (χ0v) is 12.8. The number of aryl methyl sites for hydroxylation is 2. The number of hydrogen-bond acceptors (Lipinski definition) is 5. The Morgan fingerprint density at radius 3 is 2.95 bits per heavy atom. The van der Waals surface area contributed by atoms with E-state index in [9.17, 15) is 0 Å². The van der Waals surface area contributed by atoms with Crippen molar-refractivity contribution in [2.24, 2.45) is 13.0 Å². The van der Waals surface area contributed by atoms with Gasteiger partial charge in [-0.3, -0.25) is 4.68 Å². The summed E-state index contributed by atoms with van der Waals surface area (Å²) >= 11 is 0. The Balaban J connectivity index is 1.65. The quantitative estimate of drug-likeness (QED) is 0.911. The molecule has 0 saturated carbocycles. The number of oxazole rings is 1. The Bertz CT molecular complexity index is 591. The molecule has 3 heterocycles. The number of ether oxygens (including phenoxy) is 1. The number of aromatic nitrogens is 3. The molecule has 21 heavy (non-hydrogen) atoms. The molecule has 1 aliphatic rings. The maximum atomic E-state index is 5.99. The number of nitrogens with one attached hydrogen (secondary N) is 1. The number of hydrogen-bond donors (Lipinski definition) is 1. The second-order valence-electron chi connectivity index (χ2n) is 5.66. The average molecular weight is 290 g/mol. The summed E-state index contributed by atoms with van der Waals surface area (Å²) in [5.41, 5.74) is 4.45. The Labute approximate surface area is 124 Å². The van der Waals surface area contributed by atoms with E-state index in [2.05, 4.69) is 29.2 Å². The summed E-state index contributed by atoms with van der Waals surface area (Å²) in [6.07, 6.45) is 4.35. The van der Waals surface area contributed by atoms with Gasteiger partial charge >= 0.3 is 0 Å². The van der Waals surface area contributed by atoms with Gasteiger partial charge in [-0.1, -0.05) is 0 Å². The summed E-state index contributed by atoms with van der Waals surface area (Å²) in [7, 11) is 1.98. The van der Waals surface area contributed by atoms with Crippen molar-refractivity contribution < 1.29 is 9.15 Å². The first kappa shape index (κ1) is 14.3. The molecule has 6 nitrogen and oxygen atoms in total. The van der Waals surface area contributed by atoms with Crippen molar-refractivity contribution in [3.05, 3.63) is 35.3 Å².